The van der Waals surface area contributed by atoms with Crippen LogP contribution < -0.4 is 9.80 Å². The van der Waals surface area contributed by atoms with Crippen LogP contribution >= 0.6 is 0 Å². The number of nitrogens with zero attached hydrogens (tertiary/aromatic N) is 2. The molecule has 300 valence electrons. The summed E-state index contributed by atoms with van der Waals surface area (Å²) in [4.78, 5) is 4.75. The maximum atomic E-state index is 2.42. The summed E-state index contributed by atoms with van der Waals surface area (Å²) in [5.41, 5.74) is 19.2. The predicted octanol–water partition coefficient (Wildman–Crippen LogP) is 17.1. The Morgan fingerprint density at radius 2 is 0.683 bits per heavy atom. The zero-order valence-electron chi connectivity index (χ0n) is 35.5. The Morgan fingerprint density at radius 3 is 1.30 bits per heavy atom. The molecule has 63 heavy (non-hydrogen) atoms. The maximum absolute atomic E-state index is 2.42. The van der Waals surface area contributed by atoms with Crippen LogP contribution in [-0.2, 0) is 5.41 Å². The molecule has 10 aromatic carbocycles. The van der Waals surface area contributed by atoms with E-state index in [1.54, 1.807) is 0 Å². The van der Waals surface area contributed by atoms with Crippen molar-refractivity contribution in [3.05, 3.63) is 254 Å². The number of hydrogen-bond donors (Lipinski definition) is 0. The fourth-order valence-electron chi connectivity index (χ4n) is 9.57. The summed E-state index contributed by atoms with van der Waals surface area (Å²) < 4.78 is 0. The number of fused-ring (bicyclic) bond motifs is 4. The molecular formula is C61H46N2. The van der Waals surface area contributed by atoms with E-state index in [1.807, 2.05) is 0 Å². The van der Waals surface area contributed by atoms with Crippen molar-refractivity contribution in [2.45, 2.75) is 19.3 Å². The van der Waals surface area contributed by atoms with Gasteiger partial charge in [-0.05, 0) is 134 Å². The normalized spacial score (nSPS) is 12.4. The van der Waals surface area contributed by atoms with Gasteiger partial charge in [0.25, 0.3) is 0 Å². The molecule has 0 spiro atoms. The largest absolute Gasteiger partial charge is 0.310 e. The minimum absolute atomic E-state index is 0.201. The molecule has 0 saturated carbocycles. The van der Waals surface area contributed by atoms with Crippen LogP contribution in [0.3, 0.4) is 0 Å². The number of benzene rings is 10. The summed E-state index contributed by atoms with van der Waals surface area (Å²) in [7, 11) is 0. The number of rotatable bonds is 9. The summed E-state index contributed by atoms with van der Waals surface area (Å²) >= 11 is 0. The van der Waals surface area contributed by atoms with Crippen molar-refractivity contribution < 1.29 is 0 Å². The Hall–Kier alpha value is -7.94. The molecule has 0 bridgehead atoms. The zero-order valence-corrected chi connectivity index (χ0v) is 35.5. The van der Waals surface area contributed by atoms with Gasteiger partial charge in [0.2, 0.25) is 0 Å². The molecule has 1 aliphatic carbocycles. The average molecular weight is 807 g/mol. The number of hydrogen-bond acceptors (Lipinski definition) is 2. The van der Waals surface area contributed by atoms with Crippen molar-refractivity contribution in [2.75, 3.05) is 9.80 Å². The quantitative estimate of drug-likeness (QED) is 0.143. The molecule has 2 nitrogen and oxygen atoms in total. The Balaban J connectivity index is 0.902. The van der Waals surface area contributed by atoms with Crippen molar-refractivity contribution in [1.29, 1.82) is 0 Å². The molecule has 0 aliphatic heterocycles. The number of para-hydroxylation sites is 2. The van der Waals surface area contributed by atoms with Crippen molar-refractivity contribution in [1.82, 2.24) is 0 Å². The van der Waals surface area contributed by atoms with Gasteiger partial charge in [0.05, 0.1) is 5.69 Å². The third-order valence-electron chi connectivity index (χ3n) is 12.9. The minimum Gasteiger partial charge on any atom is -0.310 e. The van der Waals surface area contributed by atoms with E-state index in [0.717, 1.165) is 34.1 Å². The van der Waals surface area contributed by atoms with Crippen LogP contribution in [0.1, 0.15) is 25.0 Å². The maximum Gasteiger partial charge on any atom is 0.0540 e. The predicted molar refractivity (Wildman–Crippen MR) is 267 cm³/mol. The SMILES string of the molecule is CC1(C)c2cc(-c3ccc(N(c4ccccc4)c4cccc5ccccc45)cc3)ccc2-c2ccc(N(c3ccccc3)c3ccc(-c4ccc(-c5ccccc5)cc4)cc3)cc21. The standard InChI is InChI=1S/C61H46N2/c1-61(2)58-41-49(47-31-36-53(37-32-47)63(51-21-10-5-11-22-51)60-24-14-18-48-17-12-13-23-55(48)60)33-39-56(58)57-40-38-54(42-59(57)61)62(50-19-8-4-9-20-50)52-34-29-46(30-35-52)45-27-25-44(26-28-45)43-15-6-3-7-16-43/h3-42H,1-2H3. The van der Waals surface area contributed by atoms with Crippen LogP contribution in [0.15, 0.2) is 243 Å². The molecule has 0 unspecified atom stereocenters. The molecule has 0 fully saturated rings. The molecule has 0 atom stereocenters. The van der Waals surface area contributed by atoms with E-state index >= 15 is 0 Å². The summed E-state index contributed by atoms with van der Waals surface area (Å²) in [5, 5.41) is 2.45. The van der Waals surface area contributed by atoms with E-state index in [0.29, 0.717) is 0 Å². The van der Waals surface area contributed by atoms with Gasteiger partial charge < -0.3 is 9.80 Å². The van der Waals surface area contributed by atoms with E-state index in [-0.39, 0.29) is 5.41 Å². The second kappa shape index (κ2) is 15.8. The van der Waals surface area contributed by atoms with Gasteiger partial charge in [-0.2, -0.15) is 0 Å². The van der Waals surface area contributed by atoms with Crippen LogP contribution in [0, 0.1) is 0 Å². The smallest absolute Gasteiger partial charge is 0.0540 e. The lowest BCUT2D eigenvalue weighted by molar-refractivity contribution is 0.660. The lowest BCUT2D eigenvalue weighted by Gasteiger charge is -2.28. The monoisotopic (exact) mass is 806 g/mol. The highest BCUT2D eigenvalue weighted by atomic mass is 15.1. The van der Waals surface area contributed by atoms with Gasteiger partial charge in [0.1, 0.15) is 0 Å². The fourth-order valence-corrected chi connectivity index (χ4v) is 9.57. The molecule has 0 amide bonds. The van der Waals surface area contributed by atoms with Crippen LogP contribution in [0.5, 0.6) is 0 Å². The van der Waals surface area contributed by atoms with Gasteiger partial charge in [-0.15, -0.1) is 0 Å². The molecule has 0 saturated heterocycles. The third kappa shape index (κ3) is 6.96. The second-order valence-corrected chi connectivity index (χ2v) is 17.0. The van der Waals surface area contributed by atoms with Crippen LogP contribution in [-0.4, -0.2) is 0 Å². The molecule has 2 heteroatoms. The van der Waals surface area contributed by atoms with E-state index in [4.69, 9.17) is 0 Å². The fraction of sp³-hybridized carbons (Fsp3) is 0.0492. The first-order chi connectivity index (χ1) is 31.0. The van der Waals surface area contributed by atoms with Crippen LogP contribution in [0.2, 0.25) is 0 Å². The van der Waals surface area contributed by atoms with Gasteiger partial charge >= 0.3 is 0 Å². The van der Waals surface area contributed by atoms with Crippen LogP contribution in [0.25, 0.3) is 55.3 Å². The Labute approximate surface area is 370 Å². The molecule has 0 aromatic heterocycles. The van der Waals surface area contributed by atoms with Crippen molar-refractivity contribution >= 4 is 44.9 Å². The van der Waals surface area contributed by atoms with Crippen LogP contribution in [0.4, 0.5) is 34.1 Å². The Morgan fingerprint density at radius 1 is 0.286 bits per heavy atom. The summed E-state index contributed by atoms with van der Waals surface area (Å²) in [6.07, 6.45) is 0. The first kappa shape index (κ1) is 38.0. The van der Waals surface area contributed by atoms with E-state index in [9.17, 15) is 0 Å². The molecule has 11 rings (SSSR count). The highest BCUT2D eigenvalue weighted by molar-refractivity contribution is 5.99. The van der Waals surface area contributed by atoms with Gasteiger partial charge in [-0.1, -0.05) is 184 Å². The lowest BCUT2D eigenvalue weighted by Crippen LogP contribution is -2.16. The van der Waals surface area contributed by atoms with Gasteiger partial charge in [-0.25, -0.2) is 0 Å². The van der Waals surface area contributed by atoms with Crippen molar-refractivity contribution in [3.8, 4) is 44.5 Å². The second-order valence-electron chi connectivity index (χ2n) is 17.0. The third-order valence-corrected chi connectivity index (χ3v) is 12.9. The highest BCUT2D eigenvalue weighted by Gasteiger charge is 2.36. The summed E-state index contributed by atoms with van der Waals surface area (Å²) in [6.45, 7) is 4.75. The zero-order chi connectivity index (χ0) is 42.3. The van der Waals surface area contributed by atoms with Crippen molar-refractivity contribution in [2.24, 2.45) is 0 Å². The van der Waals surface area contributed by atoms with Crippen molar-refractivity contribution in [3.63, 3.8) is 0 Å². The van der Waals surface area contributed by atoms with E-state index in [2.05, 4.69) is 266 Å². The Bertz CT molecular complexity index is 3200. The molecular weight excluding hydrogens is 761 g/mol. The topological polar surface area (TPSA) is 6.48 Å². The number of anilines is 6. The van der Waals surface area contributed by atoms with E-state index < -0.39 is 0 Å². The highest BCUT2D eigenvalue weighted by Crippen LogP contribution is 2.52. The molecule has 0 heterocycles. The van der Waals surface area contributed by atoms with Gasteiger partial charge in [0, 0.05) is 39.2 Å². The molecule has 10 aromatic rings. The molecule has 0 N–H and O–H groups in total. The summed E-state index contributed by atoms with van der Waals surface area (Å²) in [6, 6.07) is 88.1. The minimum atomic E-state index is -0.201. The summed E-state index contributed by atoms with van der Waals surface area (Å²) in [5.74, 6) is 0. The average Bonchev–Trinajstić information content (AvgIpc) is 3.57. The molecule has 1 aliphatic rings. The molecule has 0 radical (unpaired) electrons. The van der Waals surface area contributed by atoms with Gasteiger partial charge in [0.15, 0.2) is 0 Å². The Kier molecular flexibility index (Phi) is 9.55. The lowest BCUT2D eigenvalue weighted by atomic mass is 9.81. The first-order valence-corrected chi connectivity index (χ1v) is 21.8. The first-order valence-electron chi connectivity index (χ1n) is 21.8. The van der Waals surface area contributed by atoms with E-state index in [1.165, 1.54) is 66.4 Å². The van der Waals surface area contributed by atoms with Gasteiger partial charge in [-0.3, -0.25) is 0 Å².